The van der Waals surface area contributed by atoms with Gasteiger partial charge in [0.25, 0.3) is 5.41 Å². The van der Waals surface area contributed by atoms with Crippen LogP contribution in [0.1, 0.15) is 6.42 Å². The van der Waals surface area contributed by atoms with Gasteiger partial charge >= 0.3 is 23.9 Å². The van der Waals surface area contributed by atoms with Gasteiger partial charge in [-0.05, 0) is 137 Å². The Balaban J connectivity index is 1.02. The van der Waals surface area contributed by atoms with Crippen molar-refractivity contribution >= 4 is 110 Å². The van der Waals surface area contributed by atoms with Crippen LogP contribution in [0.15, 0.2) is 218 Å². The van der Waals surface area contributed by atoms with Crippen LogP contribution in [0.4, 0.5) is 0 Å². The van der Waals surface area contributed by atoms with Crippen LogP contribution in [0.2, 0.25) is 0 Å². The van der Waals surface area contributed by atoms with E-state index in [-0.39, 0.29) is 23.0 Å². The summed E-state index contributed by atoms with van der Waals surface area (Å²) in [5, 5.41) is 12.5. The molecule has 0 atom stereocenters. The van der Waals surface area contributed by atoms with Crippen molar-refractivity contribution in [2.75, 3.05) is 0 Å². The lowest BCUT2D eigenvalue weighted by molar-refractivity contribution is -0.175. The molecule has 0 saturated carbocycles. The topological polar surface area (TPSA) is 105 Å². The van der Waals surface area contributed by atoms with Crippen LogP contribution in [0.5, 0.6) is 23.0 Å². The predicted octanol–water partition coefficient (Wildman–Crippen LogP) is 14.0. The lowest BCUT2D eigenvalue weighted by Crippen LogP contribution is -2.54. The maximum atomic E-state index is 15.6. The van der Waals surface area contributed by atoms with Crippen LogP contribution in [0, 0.1) is 5.41 Å². The molecule has 0 bridgehead atoms. The molecule has 8 heteroatoms. The van der Waals surface area contributed by atoms with Gasteiger partial charge in [0, 0.05) is 21.5 Å². The van der Waals surface area contributed by atoms with E-state index in [0.29, 0.717) is 21.5 Å². The molecule has 0 N–H and O–H groups in total. The molecule has 0 saturated heterocycles. The molecule has 0 aromatic heterocycles. The highest BCUT2D eigenvalue weighted by Gasteiger charge is 2.60. The second kappa shape index (κ2) is 17.0. The van der Waals surface area contributed by atoms with Gasteiger partial charge in [-0.3, -0.25) is 4.79 Å². The summed E-state index contributed by atoms with van der Waals surface area (Å²) in [4.78, 5) is 61.6. The SMILES string of the molecule is O=C(CC(C(=O)Oc1cccc2cc3ccccc3cc12)(C(=O)Oc1cccc2cc3ccccc3cc12)C(=O)Oc1cccc2cc3ccccc3cc12)Oc1cccc2cc3ccccc3cc12. The van der Waals surface area contributed by atoms with Gasteiger partial charge in [0.15, 0.2) is 0 Å². The molecule has 0 fully saturated rings. The zero-order valence-electron chi connectivity index (χ0n) is 37.3. The first-order valence-electron chi connectivity index (χ1n) is 22.8. The number of rotatable bonds is 9. The molecule has 0 heterocycles. The molecule has 12 aromatic rings. The van der Waals surface area contributed by atoms with Gasteiger partial charge < -0.3 is 18.9 Å². The average molecular weight is 911 g/mol. The maximum absolute atomic E-state index is 15.6. The Morgan fingerprint density at radius 1 is 0.271 bits per heavy atom. The third-order valence-corrected chi connectivity index (χ3v) is 13.1. The molecular weight excluding hydrogens is 873 g/mol. The standard InChI is InChI=1S/C62H38O8/c63-58(67-54-25-9-21-46-29-38-13-1-5-17-42(38)33-50(46)54)37-62(59(64)68-55-26-10-22-47-30-39-14-2-6-18-43(39)34-51(47)55,60(65)69-56-27-11-23-48-31-40-15-3-7-19-44(40)35-52(48)56)61(66)70-57-28-12-24-49-32-41-16-4-8-20-45(41)36-53(49)57/h1-36H,37H2. The summed E-state index contributed by atoms with van der Waals surface area (Å²) in [7, 11) is 0. The Bertz CT molecular complexity index is 3840. The first-order valence-corrected chi connectivity index (χ1v) is 22.8. The fourth-order valence-corrected chi connectivity index (χ4v) is 9.51. The Morgan fingerprint density at radius 2 is 0.500 bits per heavy atom. The number of fused-ring (bicyclic) bond motifs is 8. The van der Waals surface area contributed by atoms with Crippen LogP contribution in [0.25, 0.3) is 86.2 Å². The minimum atomic E-state index is -3.12. The summed E-state index contributed by atoms with van der Waals surface area (Å²) in [6.45, 7) is 0. The molecule has 70 heavy (non-hydrogen) atoms. The highest BCUT2D eigenvalue weighted by molar-refractivity contribution is 6.22. The first kappa shape index (κ1) is 42.0. The number of ether oxygens (including phenoxy) is 4. The minimum absolute atomic E-state index is 0.0424. The van der Waals surface area contributed by atoms with Crippen molar-refractivity contribution in [3.05, 3.63) is 218 Å². The van der Waals surface area contributed by atoms with Crippen LogP contribution < -0.4 is 18.9 Å². The molecule has 0 aliphatic rings. The third kappa shape index (κ3) is 7.44. The van der Waals surface area contributed by atoms with E-state index in [2.05, 4.69) is 0 Å². The fourth-order valence-electron chi connectivity index (χ4n) is 9.51. The summed E-state index contributed by atoms with van der Waals surface area (Å²) >= 11 is 0. The molecular formula is C62H38O8. The number of benzene rings is 12. The zero-order chi connectivity index (χ0) is 47.3. The molecule has 334 valence electrons. The highest BCUT2D eigenvalue weighted by Crippen LogP contribution is 2.40. The molecule has 12 rings (SSSR count). The monoisotopic (exact) mass is 910 g/mol. The Labute approximate surface area is 399 Å². The summed E-state index contributed by atoms with van der Waals surface area (Å²) in [6.07, 6.45) is -1.16. The molecule has 12 aromatic carbocycles. The summed E-state index contributed by atoms with van der Waals surface area (Å²) in [6, 6.07) is 67.0. The zero-order valence-corrected chi connectivity index (χ0v) is 37.3. The molecule has 0 unspecified atom stereocenters. The van der Waals surface area contributed by atoms with Crippen molar-refractivity contribution < 1.29 is 38.1 Å². The van der Waals surface area contributed by atoms with Gasteiger partial charge in [-0.25, -0.2) is 14.4 Å². The molecule has 0 radical (unpaired) electrons. The molecule has 8 nitrogen and oxygen atoms in total. The summed E-state index contributed by atoms with van der Waals surface area (Å²) in [5.74, 6) is -5.02. The van der Waals surface area contributed by atoms with Crippen LogP contribution in [-0.4, -0.2) is 23.9 Å². The van der Waals surface area contributed by atoms with Crippen molar-refractivity contribution in [2.45, 2.75) is 6.42 Å². The van der Waals surface area contributed by atoms with E-state index in [4.69, 9.17) is 18.9 Å². The van der Waals surface area contributed by atoms with Crippen LogP contribution in [0.3, 0.4) is 0 Å². The third-order valence-electron chi connectivity index (χ3n) is 13.1. The van der Waals surface area contributed by atoms with Gasteiger partial charge in [0.2, 0.25) is 0 Å². The Kier molecular flexibility index (Phi) is 10.2. The second-order valence-electron chi connectivity index (χ2n) is 17.4. The van der Waals surface area contributed by atoms with Crippen molar-refractivity contribution in [1.82, 2.24) is 0 Å². The Hall–Kier alpha value is -9.40. The van der Waals surface area contributed by atoms with Crippen molar-refractivity contribution in [1.29, 1.82) is 0 Å². The number of hydrogen-bond donors (Lipinski definition) is 0. The van der Waals surface area contributed by atoms with E-state index in [0.717, 1.165) is 64.6 Å². The quantitative estimate of drug-likeness (QED) is 0.0610. The van der Waals surface area contributed by atoms with Crippen molar-refractivity contribution in [3.8, 4) is 23.0 Å². The number of carbonyl (C=O) groups is 4. The van der Waals surface area contributed by atoms with Gasteiger partial charge in [-0.2, -0.15) is 0 Å². The highest BCUT2D eigenvalue weighted by atomic mass is 16.6. The fraction of sp³-hybridized carbons (Fsp3) is 0.0323. The van der Waals surface area contributed by atoms with E-state index in [1.54, 1.807) is 48.5 Å². The average Bonchev–Trinajstić information content (AvgIpc) is 3.38. The summed E-state index contributed by atoms with van der Waals surface area (Å²) < 4.78 is 24.9. The van der Waals surface area contributed by atoms with Gasteiger partial charge in [0.1, 0.15) is 23.0 Å². The molecule has 0 amide bonds. The number of carbonyl (C=O) groups excluding carboxylic acids is 4. The molecule has 0 aliphatic carbocycles. The van der Waals surface area contributed by atoms with Gasteiger partial charge in [0.05, 0.1) is 6.42 Å². The van der Waals surface area contributed by atoms with Crippen LogP contribution in [-0.2, 0) is 19.2 Å². The largest absolute Gasteiger partial charge is 0.426 e. The van der Waals surface area contributed by atoms with E-state index >= 15 is 14.4 Å². The van der Waals surface area contributed by atoms with Crippen molar-refractivity contribution in [2.24, 2.45) is 5.41 Å². The van der Waals surface area contributed by atoms with Gasteiger partial charge in [-0.1, -0.05) is 146 Å². The van der Waals surface area contributed by atoms with E-state index in [9.17, 15) is 4.79 Å². The van der Waals surface area contributed by atoms with Crippen LogP contribution >= 0.6 is 0 Å². The Morgan fingerprint density at radius 3 is 0.771 bits per heavy atom. The normalized spacial score (nSPS) is 11.7. The smallest absolute Gasteiger partial charge is 0.341 e. The lowest BCUT2D eigenvalue weighted by atomic mass is 9.84. The summed E-state index contributed by atoms with van der Waals surface area (Å²) in [5.41, 5.74) is -3.12. The molecule has 0 spiro atoms. The predicted molar refractivity (Wildman–Crippen MR) is 275 cm³/mol. The van der Waals surface area contributed by atoms with Crippen molar-refractivity contribution in [3.63, 3.8) is 0 Å². The first-order chi connectivity index (χ1) is 34.3. The van der Waals surface area contributed by atoms with E-state index < -0.39 is 35.7 Å². The minimum Gasteiger partial charge on any atom is -0.426 e. The number of esters is 4. The van der Waals surface area contributed by atoms with Gasteiger partial charge in [-0.15, -0.1) is 0 Å². The van der Waals surface area contributed by atoms with E-state index in [1.807, 2.05) is 170 Å². The van der Waals surface area contributed by atoms with E-state index in [1.165, 1.54) is 0 Å². The second-order valence-corrected chi connectivity index (χ2v) is 17.4. The maximum Gasteiger partial charge on any atom is 0.341 e. The number of hydrogen-bond acceptors (Lipinski definition) is 8. The lowest BCUT2D eigenvalue weighted by Gasteiger charge is -2.27. The molecule has 0 aliphatic heterocycles.